The van der Waals surface area contributed by atoms with Crippen molar-refractivity contribution in [3.63, 3.8) is 0 Å². The molecule has 106 valence electrons. The van der Waals surface area contributed by atoms with Gasteiger partial charge >= 0.3 is 0 Å². The van der Waals surface area contributed by atoms with Crippen molar-refractivity contribution in [1.29, 1.82) is 0 Å². The van der Waals surface area contributed by atoms with Gasteiger partial charge in [0.15, 0.2) is 0 Å². The second-order valence-electron chi connectivity index (χ2n) is 4.96. The maximum Gasteiger partial charge on any atom is 0.121 e. The lowest BCUT2D eigenvalue weighted by Crippen LogP contribution is -2.83. The lowest BCUT2D eigenvalue weighted by atomic mass is 10.1. The molecule has 2 aromatic carbocycles. The van der Waals surface area contributed by atoms with Crippen LogP contribution in [0.25, 0.3) is 0 Å². The van der Waals surface area contributed by atoms with Crippen LogP contribution in [0.4, 0.5) is 0 Å². The zero-order valence-electron chi connectivity index (χ0n) is 12.0. The molecule has 0 unspecified atom stereocenters. The van der Waals surface area contributed by atoms with Crippen LogP contribution in [0, 0.1) is 6.92 Å². The molecule has 2 rings (SSSR count). The molecule has 0 atom stereocenters. The first-order valence-electron chi connectivity index (χ1n) is 6.88. The smallest absolute Gasteiger partial charge is 0.121 e. The molecule has 2 N–H and O–H groups in total. The van der Waals surface area contributed by atoms with Crippen molar-refractivity contribution in [2.45, 2.75) is 19.9 Å². The number of methoxy groups -OCH3 is 1. The maximum absolute atomic E-state index is 5.87. The Morgan fingerprint density at radius 1 is 1.05 bits per heavy atom. The molecule has 2 aromatic rings. The minimum absolute atomic E-state index is 0.798. The van der Waals surface area contributed by atoms with Gasteiger partial charge in [0.2, 0.25) is 0 Å². The van der Waals surface area contributed by atoms with Crippen molar-refractivity contribution in [2.24, 2.45) is 0 Å². The first-order chi connectivity index (χ1) is 9.69. The van der Waals surface area contributed by atoms with Gasteiger partial charge in [-0.05, 0) is 48.4 Å². The van der Waals surface area contributed by atoms with E-state index < -0.39 is 0 Å². The normalized spacial score (nSPS) is 10.6. The molecule has 0 radical (unpaired) electrons. The Labute approximate surface area is 125 Å². The van der Waals surface area contributed by atoms with Crippen LogP contribution in [0.5, 0.6) is 5.75 Å². The van der Waals surface area contributed by atoms with Crippen LogP contribution < -0.4 is 10.1 Å². The van der Waals surface area contributed by atoms with E-state index in [0.29, 0.717) is 0 Å². The van der Waals surface area contributed by atoms with Gasteiger partial charge in [-0.2, -0.15) is 0 Å². The lowest BCUT2D eigenvalue weighted by Gasteiger charge is -2.07. The van der Waals surface area contributed by atoms with Gasteiger partial charge in [-0.3, -0.25) is 0 Å². The second-order valence-corrected chi connectivity index (χ2v) is 5.40. The van der Waals surface area contributed by atoms with E-state index in [1.807, 2.05) is 18.2 Å². The third-order valence-corrected chi connectivity index (χ3v) is 3.64. The van der Waals surface area contributed by atoms with Crippen LogP contribution in [0.1, 0.15) is 16.7 Å². The summed E-state index contributed by atoms with van der Waals surface area (Å²) < 4.78 is 5.27. The molecule has 0 bridgehead atoms. The molecule has 0 spiro atoms. The molecule has 0 aliphatic rings. The monoisotopic (exact) mass is 290 g/mol. The summed E-state index contributed by atoms with van der Waals surface area (Å²) in [7, 11) is 1.71. The highest BCUT2D eigenvalue weighted by molar-refractivity contribution is 6.30. The Hall–Kier alpha value is -1.51. The Bertz CT molecular complexity index is 551. The first kappa shape index (κ1) is 14.9. The molecule has 0 aliphatic heterocycles. The third kappa shape index (κ3) is 4.26. The third-order valence-electron chi connectivity index (χ3n) is 3.39. The fourth-order valence-electron chi connectivity index (χ4n) is 2.26. The number of hydrogen-bond acceptors (Lipinski definition) is 1. The highest BCUT2D eigenvalue weighted by Crippen LogP contribution is 2.17. The molecule has 0 amide bonds. The van der Waals surface area contributed by atoms with Crippen LogP contribution in [0.2, 0.25) is 5.02 Å². The molecule has 0 fully saturated rings. The Morgan fingerprint density at radius 3 is 2.40 bits per heavy atom. The van der Waals surface area contributed by atoms with Crippen molar-refractivity contribution >= 4 is 11.6 Å². The summed E-state index contributed by atoms with van der Waals surface area (Å²) in [6.07, 6.45) is 1.06. The number of halogens is 1. The summed E-state index contributed by atoms with van der Waals surface area (Å²) in [4.78, 5) is 0. The molecular weight excluding hydrogens is 270 g/mol. The molecule has 0 saturated carbocycles. The minimum atomic E-state index is 0.798. The summed E-state index contributed by atoms with van der Waals surface area (Å²) >= 11 is 5.87. The molecule has 20 heavy (non-hydrogen) atoms. The molecule has 0 aliphatic carbocycles. The van der Waals surface area contributed by atoms with Crippen molar-refractivity contribution in [3.05, 3.63) is 64.2 Å². The number of benzene rings is 2. The molecule has 0 saturated heterocycles. The van der Waals surface area contributed by atoms with Crippen LogP contribution in [-0.4, -0.2) is 13.7 Å². The quantitative estimate of drug-likeness (QED) is 0.813. The largest absolute Gasteiger partial charge is 0.496 e. The highest BCUT2D eigenvalue weighted by atomic mass is 35.5. The summed E-state index contributed by atoms with van der Waals surface area (Å²) in [6, 6.07) is 14.4. The van der Waals surface area contributed by atoms with Crippen molar-refractivity contribution < 1.29 is 10.1 Å². The van der Waals surface area contributed by atoms with Crippen molar-refractivity contribution in [1.82, 2.24) is 0 Å². The van der Waals surface area contributed by atoms with Gasteiger partial charge in [-0.25, -0.2) is 0 Å². The van der Waals surface area contributed by atoms with E-state index in [1.165, 1.54) is 16.7 Å². The summed E-state index contributed by atoms with van der Waals surface area (Å²) in [5.74, 6) is 0.954. The summed E-state index contributed by atoms with van der Waals surface area (Å²) in [5, 5.41) is 3.13. The van der Waals surface area contributed by atoms with E-state index in [-0.39, 0.29) is 0 Å². The number of hydrogen-bond donors (Lipinski definition) is 1. The van der Waals surface area contributed by atoms with E-state index >= 15 is 0 Å². The van der Waals surface area contributed by atoms with Gasteiger partial charge in [0.25, 0.3) is 0 Å². The Balaban J connectivity index is 1.78. The molecular formula is C17H21ClNO+. The van der Waals surface area contributed by atoms with E-state index in [4.69, 9.17) is 16.3 Å². The van der Waals surface area contributed by atoms with Crippen molar-refractivity contribution in [2.75, 3.05) is 13.7 Å². The minimum Gasteiger partial charge on any atom is -0.496 e. The van der Waals surface area contributed by atoms with Gasteiger partial charge in [0.1, 0.15) is 12.3 Å². The average molecular weight is 291 g/mol. The average Bonchev–Trinajstić information content (AvgIpc) is 2.46. The number of quaternary nitrogens is 1. The van der Waals surface area contributed by atoms with Crippen LogP contribution >= 0.6 is 11.6 Å². The van der Waals surface area contributed by atoms with Gasteiger partial charge in [-0.1, -0.05) is 23.7 Å². The van der Waals surface area contributed by atoms with E-state index in [0.717, 1.165) is 30.3 Å². The number of ether oxygens (including phenoxy) is 1. The number of aryl methyl sites for hydroxylation is 1. The highest BCUT2D eigenvalue weighted by Gasteiger charge is 2.02. The molecule has 2 nitrogen and oxygen atoms in total. The van der Waals surface area contributed by atoms with E-state index in [1.54, 1.807) is 7.11 Å². The fraction of sp³-hybridized carbons (Fsp3) is 0.294. The number of rotatable bonds is 6. The van der Waals surface area contributed by atoms with Gasteiger partial charge in [0, 0.05) is 17.0 Å². The lowest BCUT2D eigenvalue weighted by molar-refractivity contribution is -0.670. The summed E-state index contributed by atoms with van der Waals surface area (Å²) in [5.41, 5.74) is 3.85. The van der Waals surface area contributed by atoms with Gasteiger partial charge in [0.05, 0.1) is 13.7 Å². The predicted octanol–water partition coefficient (Wildman–Crippen LogP) is 2.96. The molecule has 3 heteroatoms. The molecule has 0 aromatic heterocycles. The van der Waals surface area contributed by atoms with Crippen LogP contribution in [-0.2, 0) is 13.0 Å². The maximum atomic E-state index is 5.87. The SMILES string of the molecule is COc1ccc(C[NH2+]CCc2ccc(Cl)cc2)cc1C. The van der Waals surface area contributed by atoms with Crippen LogP contribution in [0.3, 0.4) is 0 Å². The topological polar surface area (TPSA) is 25.8 Å². The standard InChI is InChI=1S/C17H20ClNO/c1-13-11-15(5-8-17(13)20-2)12-19-10-9-14-3-6-16(18)7-4-14/h3-8,11,19H,9-10,12H2,1-2H3/p+1. The van der Waals surface area contributed by atoms with Gasteiger partial charge in [-0.15, -0.1) is 0 Å². The number of nitrogens with two attached hydrogens (primary N) is 1. The van der Waals surface area contributed by atoms with E-state index in [2.05, 4.69) is 36.5 Å². The Kier molecular flexibility index (Phi) is 5.45. The second kappa shape index (κ2) is 7.32. The zero-order valence-corrected chi connectivity index (χ0v) is 12.8. The van der Waals surface area contributed by atoms with Crippen LogP contribution in [0.15, 0.2) is 42.5 Å². The predicted molar refractivity (Wildman–Crippen MR) is 83.4 cm³/mol. The van der Waals surface area contributed by atoms with Gasteiger partial charge < -0.3 is 10.1 Å². The Morgan fingerprint density at radius 2 is 1.75 bits per heavy atom. The van der Waals surface area contributed by atoms with E-state index in [9.17, 15) is 0 Å². The summed E-state index contributed by atoms with van der Waals surface area (Å²) in [6.45, 7) is 4.15. The fourth-order valence-corrected chi connectivity index (χ4v) is 2.38. The molecule has 0 heterocycles. The first-order valence-corrected chi connectivity index (χ1v) is 7.26. The zero-order chi connectivity index (χ0) is 14.4. The van der Waals surface area contributed by atoms with Crippen molar-refractivity contribution in [3.8, 4) is 5.75 Å².